The summed E-state index contributed by atoms with van der Waals surface area (Å²) in [5.74, 6) is -0.540. The zero-order chi connectivity index (χ0) is 19.2. The van der Waals surface area contributed by atoms with Crippen LogP contribution in [0.4, 0.5) is 0 Å². The molecule has 2 aliphatic rings. The van der Waals surface area contributed by atoms with Crippen LogP contribution >= 0.6 is 12.4 Å². The number of ketones is 1. The molecule has 1 saturated heterocycles. The number of halogens is 1. The number of rotatable bonds is 2. The summed E-state index contributed by atoms with van der Waals surface area (Å²) in [5, 5.41) is 3.19. The maximum absolute atomic E-state index is 13.0. The number of nitrogens with zero attached hydrogens (tertiary/aromatic N) is 1. The largest absolute Gasteiger partial charge is 0.337 e. The lowest BCUT2D eigenvalue weighted by molar-refractivity contribution is 0.0697. The molecule has 0 radical (unpaired) electrons. The van der Waals surface area contributed by atoms with Crippen molar-refractivity contribution in [1.82, 2.24) is 10.2 Å². The normalized spacial score (nSPS) is 20.0. The fraction of sp³-hybridized carbons (Fsp3) is 0.300. The van der Waals surface area contributed by atoms with Crippen molar-refractivity contribution in [3.8, 4) is 0 Å². The maximum atomic E-state index is 13.0. The average molecular weight is 421 g/mol. The minimum absolute atomic E-state index is 0. The summed E-state index contributed by atoms with van der Waals surface area (Å²) in [6, 6.07) is 10.8. The van der Waals surface area contributed by atoms with Crippen LogP contribution < -0.4 is 5.32 Å². The molecule has 1 N–H and O–H groups in total. The molecule has 28 heavy (non-hydrogen) atoms. The first-order valence-corrected chi connectivity index (χ1v) is 10.4. The Morgan fingerprint density at radius 2 is 1.82 bits per heavy atom. The SMILES string of the molecule is CNC1CCCN(C(=O)c2ccc3c(c2)S(=O)(=O)c2ccccc2C3=O)C1.Cl. The zero-order valence-corrected chi connectivity index (χ0v) is 17.0. The van der Waals surface area contributed by atoms with E-state index in [1.807, 2.05) is 7.05 Å². The second kappa shape index (κ2) is 7.66. The van der Waals surface area contributed by atoms with Gasteiger partial charge < -0.3 is 10.2 Å². The Bertz CT molecular complexity index is 1050. The second-order valence-electron chi connectivity index (χ2n) is 6.92. The van der Waals surface area contributed by atoms with Crippen molar-refractivity contribution < 1.29 is 18.0 Å². The highest BCUT2D eigenvalue weighted by Crippen LogP contribution is 2.35. The second-order valence-corrected chi connectivity index (χ2v) is 8.81. The topological polar surface area (TPSA) is 83.6 Å². The molecule has 0 saturated carbocycles. The van der Waals surface area contributed by atoms with Crippen molar-refractivity contribution in [2.24, 2.45) is 0 Å². The molecule has 0 aliphatic carbocycles. The number of fused-ring (bicyclic) bond motifs is 2. The third kappa shape index (κ3) is 3.23. The molecule has 1 amide bonds. The molecule has 2 aromatic rings. The van der Waals surface area contributed by atoms with Gasteiger partial charge in [-0.25, -0.2) is 8.42 Å². The number of likely N-dealkylation sites (N-methyl/N-ethyl adjacent to an activating group) is 1. The van der Waals surface area contributed by atoms with Crippen LogP contribution in [0.5, 0.6) is 0 Å². The molecule has 6 nitrogen and oxygen atoms in total. The molecular formula is C20H21ClN2O4S. The molecule has 148 valence electrons. The average Bonchev–Trinajstić information content (AvgIpc) is 2.71. The summed E-state index contributed by atoms with van der Waals surface area (Å²) < 4.78 is 26.0. The molecule has 2 aromatic carbocycles. The number of carbonyl (C=O) groups excluding carboxylic acids is 2. The van der Waals surface area contributed by atoms with E-state index in [1.54, 1.807) is 23.1 Å². The predicted octanol–water partition coefficient (Wildman–Crippen LogP) is 2.31. The lowest BCUT2D eigenvalue weighted by Crippen LogP contribution is -2.47. The summed E-state index contributed by atoms with van der Waals surface area (Å²) in [6.07, 6.45) is 1.90. The van der Waals surface area contributed by atoms with Gasteiger partial charge in [0.15, 0.2) is 5.78 Å². The molecule has 1 atom stereocenters. The number of sulfone groups is 1. The van der Waals surface area contributed by atoms with E-state index in [0.29, 0.717) is 18.7 Å². The van der Waals surface area contributed by atoms with Crippen molar-refractivity contribution in [2.75, 3.05) is 20.1 Å². The summed E-state index contributed by atoms with van der Waals surface area (Å²) in [6.45, 7) is 1.23. The smallest absolute Gasteiger partial charge is 0.253 e. The van der Waals surface area contributed by atoms with Crippen molar-refractivity contribution in [3.05, 3.63) is 59.2 Å². The molecule has 0 spiro atoms. The first-order chi connectivity index (χ1) is 12.9. The van der Waals surface area contributed by atoms with Gasteiger partial charge in [0.1, 0.15) is 0 Å². The first kappa shape index (κ1) is 20.5. The number of likely N-dealkylation sites (tertiary alicyclic amines) is 1. The van der Waals surface area contributed by atoms with Crippen LogP contribution in [0.15, 0.2) is 52.3 Å². The van der Waals surface area contributed by atoms with Gasteiger partial charge >= 0.3 is 0 Å². The standard InChI is InChI=1S/C20H20N2O4S.ClH/c1-21-14-5-4-10-22(12-14)20(24)13-8-9-16-18(11-13)27(25,26)17-7-3-2-6-15(17)19(16)23;/h2-3,6-9,11,14,21H,4-5,10,12H2,1H3;1H. The minimum Gasteiger partial charge on any atom is -0.337 e. The quantitative estimate of drug-likeness (QED) is 0.687. The van der Waals surface area contributed by atoms with Gasteiger partial charge in [-0.15, -0.1) is 12.4 Å². The van der Waals surface area contributed by atoms with E-state index in [2.05, 4.69) is 5.32 Å². The van der Waals surface area contributed by atoms with Gasteiger partial charge in [0, 0.05) is 35.8 Å². The van der Waals surface area contributed by atoms with Crippen molar-refractivity contribution in [2.45, 2.75) is 28.7 Å². The summed E-state index contributed by atoms with van der Waals surface area (Å²) >= 11 is 0. The molecule has 1 unspecified atom stereocenters. The van der Waals surface area contributed by atoms with Gasteiger partial charge in [0.2, 0.25) is 9.84 Å². The van der Waals surface area contributed by atoms with Gasteiger partial charge in [0.05, 0.1) is 9.79 Å². The Kier molecular flexibility index (Phi) is 5.61. The third-order valence-electron chi connectivity index (χ3n) is 5.30. The monoisotopic (exact) mass is 420 g/mol. The van der Waals surface area contributed by atoms with E-state index in [-0.39, 0.29) is 51.1 Å². The van der Waals surface area contributed by atoms with E-state index in [0.717, 1.165) is 12.8 Å². The van der Waals surface area contributed by atoms with Crippen LogP contribution in [0.3, 0.4) is 0 Å². The van der Waals surface area contributed by atoms with Crippen LogP contribution in [0.2, 0.25) is 0 Å². The number of hydrogen-bond acceptors (Lipinski definition) is 5. The maximum Gasteiger partial charge on any atom is 0.253 e. The number of carbonyl (C=O) groups is 2. The molecule has 2 aliphatic heterocycles. The summed E-state index contributed by atoms with van der Waals surface area (Å²) in [4.78, 5) is 27.2. The Balaban J connectivity index is 0.00000225. The van der Waals surface area contributed by atoms with Crippen LogP contribution in [-0.4, -0.2) is 51.2 Å². The van der Waals surface area contributed by atoms with E-state index in [1.165, 1.54) is 24.3 Å². The van der Waals surface area contributed by atoms with E-state index < -0.39 is 9.84 Å². The molecular weight excluding hydrogens is 400 g/mol. The minimum atomic E-state index is -3.84. The fourth-order valence-corrected chi connectivity index (χ4v) is 5.47. The highest BCUT2D eigenvalue weighted by molar-refractivity contribution is 7.91. The summed E-state index contributed by atoms with van der Waals surface area (Å²) in [5.41, 5.74) is 0.593. The lowest BCUT2D eigenvalue weighted by atomic mass is 10.00. The molecule has 8 heteroatoms. The van der Waals surface area contributed by atoms with Gasteiger partial charge in [-0.3, -0.25) is 9.59 Å². The molecule has 2 heterocycles. The Hall–Kier alpha value is -2.22. The Morgan fingerprint density at radius 3 is 2.57 bits per heavy atom. The van der Waals surface area contributed by atoms with Crippen LogP contribution in [0.25, 0.3) is 0 Å². The number of hydrogen-bond donors (Lipinski definition) is 1. The highest BCUT2D eigenvalue weighted by atomic mass is 35.5. The van der Waals surface area contributed by atoms with Crippen molar-refractivity contribution >= 4 is 33.9 Å². The van der Waals surface area contributed by atoms with E-state index in [4.69, 9.17) is 0 Å². The van der Waals surface area contributed by atoms with E-state index in [9.17, 15) is 18.0 Å². The van der Waals surface area contributed by atoms with E-state index >= 15 is 0 Å². The fourth-order valence-electron chi connectivity index (χ4n) is 3.80. The predicted molar refractivity (Wildman–Crippen MR) is 107 cm³/mol. The number of piperidine rings is 1. The molecule has 0 aromatic heterocycles. The Labute approximate surface area is 170 Å². The molecule has 1 fully saturated rings. The van der Waals surface area contributed by atoms with Gasteiger partial charge in [-0.1, -0.05) is 12.1 Å². The van der Waals surface area contributed by atoms with Crippen molar-refractivity contribution in [1.29, 1.82) is 0 Å². The third-order valence-corrected chi connectivity index (χ3v) is 7.15. The van der Waals surface area contributed by atoms with Crippen LogP contribution in [0.1, 0.15) is 39.1 Å². The van der Waals surface area contributed by atoms with Crippen LogP contribution in [-0.2, 0) is 9.84 Å². The first-order valence-electron chi connectivity index (χ1n) is 8.93. The number of amides is 1. The van der Waals surface area contributed by atoms with Crippen LogP contribution in [0, 0.1) is 0 Å². The van der Waals surface area contributed by atoms with Gasteiger partial charge in [-0.2, -0.15) is 0 Å². The molecule has 4 rings (SSSR count). The molecule has 0 bridgehead atoms. The van der Waals surface area contributed by atoms with Gasteiger partial charge in [0.25, 0.3) is 5.91 Å². The van der Waals surface area contributed by atoms with Gasteiger partial charge in [-0.05, 0) is 50.2 Å². The lowest BCUT2D eigenvalue weighted by Gasteiger charge is -2.32. The Morgan fingerprint density at radius 1 is 1.11 bits per heavy atom. The number of benzene rings is 2. The number of nitrogens with one attached hydrogen (secondary N) is 1. The van der Waals surface area contributed by atoms with Crippen molar-refractivity contribution in [3.63, 3.8) is 0 Å². The highest BCUT2D eigenvalue weighted by Gasteiger charge is 2.35. The summed E-state index contributed by atoms with van der Waals surface area (Å²) in [7, 11) is -1.97. The zero-order valence-electron chi connectivity index (χ0n) is 15.3.